The second kappa shape index (κ2) is 7.25. The van der Waals surface area contributed by atoms with Gasteiger partial charge in [-0.1, -0.05) is 19.9 Å². The van der Waals surface area contributed by atoms with E-state index < -0.39 is 18.4 Å². The third-order valence-corrected chi connectivity index (χ3v) is 5.34. The Kier molecular flexibility index (Phi) is 4.53. The molecule has 5 rings (SSSR count). The van der Waals surface area contributed by atoms with Gasteiger partial charge in [-0.05, 0) is 18.2 Å². The highest BCUT2D eigenvalue weighted by molar-refractivity contribution is 5.90. The fourth-order valence-corrected chi connectivity index (χ4v) is 3.83. The van der Waals surface area contributed by atoms with Crippen molar-refractivity contribution in [3.05, 3.63) is 65.1 Å². The summed E-state index contributed by atoms with van der Waals surface area (Å²) in [6.45, 7) is 4.13. The highest BCUT2D eigenvalue weighted by Gasteiger charge is 2.38. The van der Waals surface area contributed by atoms with Crippen molar-refractivity contribution in [1.29, 1.82) is 0 Å². The zero-order chi connectivity index (χ0) is 21.7. The third-order valence-electron chi connectivity index (χ3n) is 5.34. The summed E-state index contributed by atoms with van der Waals surface area (Å²) in [6.07, 6.45) is -0.581. The van der Waals surface area contributed by atoms with Crippen LogP contribution in [0.4, 0.5) is 8.78 Å². The molecule has 1 atom stereocenters. The summed E-state index contributed by atoms with van der Waals surface area (Å²) in [4.78, 5) is 22.3. The second-order valence-electron chi connectivity index (χ2n) is 7.67. The maximum atomic E-state index is 13.5. The summed E-state index contributed by atoms with van der Waals surface area (Å²) in [6, 6.07) is 5.58. The van der Waals surface area contributed by atoms with Crippen molar-refractivity contribution in [2.45, 2.75) is 38.7 Å². The van der Waals surface area contributed by atoms with Crippen molar-refractivity contribution in [3.63, 3.8) is 0 Å². The van der Waals surface area contributed by atoms with Crippen molar-refractivity contribution >= 4 is 11.4 Å². The van der Waals surface area contributed by atoms with Gasteiger partial charge in [0.15, 0.2) is 0 Å². The van der Waals surface area contributed by atoms with Crippen LogP contribution in [0.5, 0.6) is 0 Å². The minimum Gasteiger partial charge on any atom is -0.417 e. The van der Waals surface area contributed by atoms with Gasteiger partial charge < -0.3 is 14.3 Å². The van der Waals surface area contributed by atoms with E-state index in [2.05, 4.69) is 25.3 Å². The highest BCUT2D eigenvalue weighted by atomic mass is 19.3. The summed E-state index contributed by atoms with van der Waals surface area (Å²) in [5.74, 6) is -0.226. The Morgan fingerprint density at radius 3 is 2.87 bits per heavy atom. The number of aromatic nitrogens is 6. The minimum atomic E-state index is -2.69. The van der Waals surface area contributed by atoms with Crippen molar-refractivity contribution in [3.8, 4) is 0 Å². The predicted molar refractivity (Wildman–Crippen MR) is 104 cm³/mol. The number of pyridine rings is 1. The van der Waals surface area contributed by atoms with E-state index in [0.29, 0.717) is 35.8 Å². The Morgan fingerprint density at radius 2 is 2.13 bits per heavy atom. The Balaban J connectivity index is 1.60. The molecule has 11 heteroatoms. The van der Waals surface area contributed by atoms with Gasteiger partial charge in [-0.25, -0.2) is 18.3 Å². The lowest BCUT2D eigenvalue weighted by atomic mass is 9.99. The number of amides is 1. The topological polar surface area (TPSA) is 105 Å². The van der Waals surface area contributed by atoms with Gasteiger partial charge in [0.25, 0.3) is 6.43 Å². The van der Waals surface area contributed by atoms with Crippen molar-refractivity contribution < 1.29 is 18.0 Å². The van der Waals surface area contributed by atoms with Crippen molar-refractivity contribution in [1.82, 2.24) is 34.7 Å². The van der Waals surface area contributed by atoms with E-state index in [1.54, 1.807) is 29.4 Å². The number of carbonyl (C=O) groups is 1. The SMILES string of the molecule is CC(C)c1nnc(C(=O)N2CCc3[nH]cnc3[C@H]2c2cc3cccc(C(F)F)n3n2)o1. The maximum Gasteiger partial charge on any atom is 0.312 e. The Bertz CT molecular complexity index is 1260. The average molecular weight is 427 g/mol. The van der Waals surface area contributed by atoms with Crippen LogP contribution in [0.2, 0.25) is 0 Å². The molecule has 0 aromatic carbocycles. The Labute approximate surface area is 175 Å². The lowest BCUT2D eigenvalue weighted by Crippen LogP contribution is -2.41. The van der Waals surface area contributed by atoms with Crippen LogP contribution in [-0.4, -0.2) is 47.1 Å². The van der Waals surface area contributed by atoms with Gasteiger partial charge >= 0.3 is 11.8 Å². The molecule has 0 aliphatic carbocycles. The van der Waals surface area contributed by atoms with Crippen LogP contribution < -0.4 is 0 Å². The fourth-order valence-electron chi connectivity index (χ4n) is 3.83. The first-order valence-corrected chi connectivity index (χ1v) is 9.87. The fraction of sp³-hybridized carbons (Fsp3) is 0.350. The molecule has 0 fully saturated rings. The number of rotatable bonds is 4. The molecule has 1 amide bonds. The summed E-state index contributed by atoms with van der Waals surface area (Å²) in [5, 5.41) is 12.3. The summed E-state index contributed by atoms with van der Waals surface area (Å²) in [5.41, 5.74) is 2.19. The standard InChI is InChI=1S/C20H19F2N7O2/c1-10(2)18-25-26-19(31-18)20(30)28-7-6-12-15(24-9-23-12)16(28)13-8-11-4-3-5-14(17(21)22)29(11)27-13/h3-5,8-10,16-17H,6-7H2,1-2H3,(H,23,24)/t16-/m1/s1. The number of aromatic amines is 1. The summed E-state index contributed by atoms with van der Waals surface area (Å²) < 4.78 is 33.7. The number of halogens is 2. The molecule has 160 valence electrons. The molecular formula is C20H19F2N7O2. The molecular weight excluding hydrogens is 408 g/mol. The second-order valence-corrected chi connectivity index (χ2v) is 7.67. The number of imidazole rings is 1. The molecule has 1 N–H and O–H groups in total. The molecule has 0 spiro atoms. The van der Waals surface area contributed by atoms with Crippen LogP contribution in [0.3, 0.4) is 0 Å². The van der Waals surface area contributed by atoms with Crippen molar-refractivity contribution in [2.24, 2.45) is 0 Å². The maximum absolute atomic E-state index is 13.5. The molecule has 5 heterocycles. The molecule has 4 aromatic heterocycles. The summed E-state index contributed by atoms with van der Waals surface area (Å²) in [7, 11) is 0. The van der Waals surface area contributed by atoms with E-state index in [-0.39, 0.29) is 17.5 Å². The average Bonchev–Trinajstić information content (AvgIpc) is 3.50. The van der Waals surface area contributed by atoms with E-state index >= 15 is 0 Å². The zero-order valence-corrected chi connectivity index (χ0v) is 16.8. The van der Waals surface area contributed by atoms with Crippen LogP contribution in [0, 0.1) is 0 Å². The third kappa shape index (κ3) is 3.16. The Morgan fingerprint density at radius 1 is 1.29 bits per heavy atom. The number of hydrogen-bond acceptors (Lipinski definition) is 6. The van der Waals surface area contributed by atoms with Crippen LogP contribution in [0.15, 0.2) is 35.0 Å². The van der Waals surface area contributed by atoms with E-state index in [4.69, 9.17) is 4.42 Å². The van der Waals surface area contributed by atoms with Gasteiger partial charge in [0.2, 0.25) is 5.89 Å². The number of carbonyl (C=O) groups excluding carboxylic acids is 1. The number of H-pyrrole nitrogens is 1. The number of nitrogens with one attached hydrogen (secondary N) is 1. The molecule has 4 aromatic rings. The number of hydrogen-bond donors (Lipinski definition) is 1. The number of nitrogens with zero attached hydrogens (tertiary/aromatic N) is 6. The van der Waals surface area contributed by atoms with Crippen LogP contribution in [0.1, 0.15) is 71.6 Å². The van der Waals surface area contributed by atoms with Crippen LogP contribution >= 0.6 is 0 Å². The molecule has 0 unspecified atom stereocenters. The van der Waals surface area contributed by atoms with Crippen LogP contribution in [-0.2, 0) is 6.42 Å². The van der Waals surface area contributed by atoms with Gasteiger partial charge in [0, 0.05) is 24.6 Å². The van der Waals surface area contributed by atoms with E-state index in [1.165, 1.54) is 10.6 Å². The van der Waals surface area contributed by atoms with Gasteiger partial charge in [-0.15, -0.1) is 10.2 Å². The summed E-state index contributed by atoms with van der Waals surface area (Å²) >= 11 is 0. The smallest absolute Gasteiger partial charge is 0.312 e. The lowest BCUT2D eigenvalue weighted by Gasteiger charge is -2.32. The molecule has 0 saturated heterocycles. The van der Waals surface area contributed by atoms with Gasteiger partial charge in [0.05, 0.1) is 23.2 Å². The number of fused-ring (bicyclic) bond motifs is 2. The first-order valence-electron chi connectivity index (χ1n) is 9.87. The van der Waals surface area contributed by atoms with Gasteiger partial charge in [-0.3, -0.25) is 4.79 Å². The van der Waals surface area contributed by atoms with Gasteiger partial charge in [0.1, 0.15) is 11.7 Å². The molecule has 9 nitrogen and oxygen atoms in total. The first-order chi connectivity index (χ1) is 14.9. The Hall–Kier alpha value is -3.63. The van der Waals surface area contributed by atoms with Crippen LogP contribution in [0.25, 0.3) is 5.52 Å². The van der Waals surface area contributed by atoms with Gasteiger partial charge in [-0.2, -0.15) is 5.10 Å². The van der Waals surface area contributed by atoms with E-state index in [0.717, 1.165) is 5.69 Å². The highest BCUT2D eigenvalue weighted by Crippen LogP contribution is 2.35. The first kappa shape index (κ1) is 19.3. The van der Waals surface area contributed by atoms with Crippen molar-refractivity contribution in [2.75, 3.05) is 6.54 Å². The zero-order valence-electron chi connectivity index (χ0n) is 16.8. The molecule has 0 bridgehead atoms. The molecule has 1 aliphatic rings. The molecule has 0 radical (unpaired) electrons. The lowest BCUT2D eigenvalue weighted by molar-refractivity contribution is 0.0643. The predicted octanol–water partition coefficient (Wildman–Crippen LogP) is 3.29. The molecule has 31 heavy (non-hydrogen) atoms. The molecule has 1 aliphatic heterocycles. The largest absolute Gasteiger partial charge is 0.417 e. The molecule has 0 saturated carbocycles. The quantitative estimate of drug-likeness (QED) is 0.536. The number of alkyl halides is 2. The normalized spacial score (nSPS) is 16.5. The van der Waals surface area contributed by atoms with E-state index in [1.807, 2.05) is 13.8 Å². The monoisotopic (exact) mass is 427 g/mol. The minimum absolute atomic E-state index is 0.0182. The van der Waals surface area contributed by atoms with E-state index in [9.17, 15) is 13.6 Å².